The van der Waals surface area contributed by atoms with Crippen molar-refractivity contribution in [2.45, 2.75) is 50.5 Å². The van der Waals surface area contributed by atoms with Gasteiger partial charge in [0.05, 0.1) is 12.0 Å². The van der Waals surface area contributed by atoms with Crippen molar-refractivity contribution in [2.75, 3.05) is 26.2 Å². The molecule has 3 amide bonds. The van der Waals surface area contributed by atoms with Gasteiger partial charge in [-0.2, -0.15) is 0 Å². The van der Waals surface area contributed by atoms with Gasteiger partial charge in [0.15, 0.2) is 0 Å². The number of carbonyl (C=O) groups is 3. The van der Waals surface area contributed by atoms with E-state index in [1.807, 2.05) is 12.1 Å². The first-order chi connectivity index (χ1) is 17.9. The fourth-order valence-electron chi connectivity index (χ4n) is 5.02. The second-order valence-electron chi connectivity index (χ2n) is 9.75. The van der Waals surface area contributed by atoms with Crippen molar-refractivity contribution in [1.29, 1.82) is 0 Å². The summed E-state index contributed by atoms with van der Waals surface area (Å²) in [6, 6.07) is 13.3. The molecule has 1 saturated carbocycles. The van der Waals surface area contributed by atoms with Gasteiger partial charge in [0, 0.05) is 31.7 Å². The molecule has 0 unspecified atom stereocenters. The Morgan fingerprint density at radius 1 is 0.865 bits per heavy atom. The zero-order valence-electron chi connectivity index (χ0n) is 20.8. The van der Waals surface area contributed by atoms with Crippen molar-refractivity contribution >= 4 is 17.9 Å². The van der Waals surface area contributed by atoms with Crippen LogP contribution in [-0.4, -0.2) is 60.2 Å². The number of nitrogens with one attached hydrogen (secondary N) is 2. The first kappa shape index (κ1) is 26.4. The molecule has 3 N–H and O–H groups in total. The van der Waals surface area contributed by atoms with Crippen molar-refractivity contribution in [3.8, 4) is 5.75 Å². The topological polar surface area (TPSA) is 108 Å². The lowest BCUT2D eigenvalue weighted by atomic mass is 9.87. The fourth-order valence-corrected chi connectivity index (χ4v) is 5.02. The minimum Gasteiger partial charge on any atom is -0.490 e. The van der Waals surface area contributed by atoms with Crippen molar-refractivity contribution in [2.24, 2.45) is 5.92 Å². The molecule has 9 heteroatoms. The van der Waals surface area contributed by atoms with E-state index in [0.717, 1.165) is 18.4 Å². The van der Waals surface area contributed by atoms with Gasteiger partial charge in [-0.1, -0.05) is 12.1 Å². The predicted molar refractivity (Wildman–Crippen MR) is 136 cm³/mol. The summed E-state index contributed by atoms with van der Waals surface area (Å²) in [5.41, 5.74) is 1.60. The molecule has 37 heavy (non-hydrogen) atoms. The number of piperidine rings is 1. The first-order valence-electron chi connectivity index (χ1n) is 12.9. The molecule has 0 aromatic heterocycles. The molecule has 1 aliphatic heterocycles. The van der Waals surface area contributed by atoms with Crippen LogP contribution in [0.5, 0.6) is 5.75 Å². The Labute approximate surface area is 216 Å². The third-order valence-corrected chi connectivity index (χ3v) is 7.25. The number of hydrogen-bond acceptors (Lipinski definition) is 4. The number of carboxylic acid groups (broad SMARTS) is 1. The van der Waals surface area contributed by atoms with Crippen LogP contribution in [0.25, 0.3) is 0 Å². The number of amides is 3. The molecule has 0 radical (unpaired) electrons. The molecule has 2 aromatic carbocycles. The number of carbonyl (C=O) groups excluding carboxylic acids is 2. The molecule has 2 aromatic rings. The summed E-state index contributed by atoms with van der Waals surface area (Å²) in [4.78, 5) is 37.7. The highest BCUT2D eigenvalue weighted by Gasteiger charge is 2.27. The Morgan fingerprint density at radius 3 is 2.11 bits per heavy atom. The molecule has 8 nitrogen and oxygen atoms in total. The van der Waals surface area contributed by atoms with Crippen molar-refractivity contribution in [1.82, 2.24) is 15.5 Å². The molecule has 0 atom stereocenters. The van der Waals surface area contributed by atoms with Gasteiger partial charge in [-0.25, -0.2) is 9.18 Å². The van der Waals surface area contributed by atoms with E-state index >= 15 is 0 Å². The van der Waals surface area contributed by atoms with Crippen LogP contribution >= 0.6 is 0 Å². The highest BCUT2D eigenvalue weighted by molar-refractivity contribution is 5.94. The van der Waals surface area contributed by atoms with Crippen LogP contribution in [0.3, 0.4) is 0 Å². The zero-order chi connectivity index (χ0) is 26.2. The summed E-state index contributed by atoms with van der Waals surface area (Å²) in [5, 5.41) is 14.8. The van der Waals surface area contributed by atoms with Crippen LogP contribution < -0.4 is 15.4 Å². The number of halogens is 1. The molecule has 0 spiro atoms. The Kier molecular flexibility index (Phi) is 8.98. The summed E-state index contributed by atoms with van der Waals surface area (Å²) in [5.74, 6) is -0.513. The minimum atomic E-state index is -0.739. The summed E-state index contributed by atoms with van der Waals surface area (Å²) >= 11 is 0. The predicted octanol–water partition coefficient (Wildman–Crippen LogP) is 4.17. The smallest absolute Gasteiger partial charge is 0.317 e. The molecule has 198 valence electrons. The monoisotopic (exact) mass is 511 g/mol. The Balaban J connectivity index is 1.12. The number of urea groups is 1. The maximum Gasteiger partial charge on any atom is 0.317 e. The van der Waals surface area contributed by atoms with Crippen LogP contribution in [0.2, 0.25) is 0 Å². The third kappa shape index (κ3) is 7.44. The van der Waals surface area contributed by atoms with Gasteiger partial charge < -0.3 is 25.4 Å². The Morgan fingerprint density at radius 2 is 1.49 bits per heavy atom. The van der Waals surface area contributed by atoms with E-state index in [1.165, 1.54) is 12.1 Å². The van der Waals surface area contributed by atoms with Crippen LogP contribution in [0.15, 0.2) is 48.5 Å². The second kappa shape index (κ2) is 12.6. The van der Waals surface area contributed by atoms with Crippen molar-refractivity contribution < 1.29 is 28.6 Å². The number of likely N-dealkylation sites (tertiary alicyclic amines) is 1. The first-order valence-corrected chi connectivity index (χ1v) is 12.9. The molecule has 2 aliphatic rings. The van der Waals surface area contributed by atoms with E-state index in [2.05, 4.69) is 10.6 Å². The summed E-state index contributed by atoms with van der Waals surface area (Å²) in [7, 11) is 0. The van der Waals surface area contributed by atoms with Gasteiger partial charge in [-0.05, 0) is 86.4 Å². The summed E-state index contributed by atoms with van der Waals surface area (Å²) < 4.78 is 19.1. The minimum absolute atomic E-state index is 0.00686. The second-order valence-corrected chi connectivity index (χ2v) is 9.75. The summed E-state index contributed by atoms with van der Waals surface area (Å²) in [6.07, 6.45) is 4.30. The van der Waals surface area contributed by atoms with Gasteiger partial charge in [0.2, 0.25) is 0 Å². The number of aliphatic carboxylic acids is 1. The van der Waals surface area contributed by atoms with Gasteiger partial charge in [-0.15, -0.1) is 0 Å². The summed E-state index contributed by atoms with van der Waals surface area (Å²) in [6.45, 7) is 1.90. The van der Waals surface area contributed by atoms with Crippen LogP contribution in [0, 0.1) is 11.7 Å². The molecule has 1 heterocycles. The molecule has 4 rings (SSSR count). The van der Waals surface area contributed by atoms with Crippen molar-refractivity contribution in [3.63, 3.8) is 0 Å². The fraction of sp³-hybridized carbons (Fsp3) is 0.464. The van der Waals surface area contributed by atoms with E-state index in [1.54, 1.807) is 29.2 Å². The average molecular weight is 512 g/mol. The molecule has 2 fully saturated rings. The number of nitrogens with zero attached hydrogens (tertiary/aromatic N) is 1. The quantitative estimate of drug-likeness (QED) is 0.461. The number of ether oxygens (including phenoxy) is 1. The van der Waals surface area contributed by atoms with Gasteiger partial charge >= 0.3 is 12.0 Å². The molecular weight excluding hydrogens is 477 g/mol. The number of rotatable bonds is 8. The molecule has 1 aliphatic carbocycles. The highest BCUT2D eigenvalue weighted by Crippen LogP contribution is 2.29. The number of benzene rings is 2. The third-order valence-electron chi connectivity index (χ3n) is 7.25. The van der Waals surface area contributed by atoms with Crippen LogP contribution in [0.1, 0.15) is 60.4 Å². The lowest BCUT2D eigenvalue weighted by Gasteiger charge is -2.32. The van der Waals surface area contributed by atoms with E-state index < -0.39 is 5.97 Å². The standard InChI is InChI=1S/C28H34FN3O5/c29-23-7-1-19(2-8-23)20-13-17-32(18-14-20)28(36)31-16-15-30-26(33)21-3-9-24(10-4-21)37-25-11-5-22(6-12-25)27(34)35/h1-4,7-10,20,22,25H,5-6,11-18H2,(H,30,33)(H,31,36)(H,34,35). The van der Waals surface area contributed by atoms with E-state index in [9.17, 15) is 18.8 Å². The average Bonchev–Trinajstić information content (AvgIpc) is 2.92. The van der Waals surface area contributed by atoms with E-state index in [4.69, 9.17) is 9.84 Å². The van der Waals surface area contributed by atoms with Crippen LogP contribution in [-0.2, 0) is 4.79 Å². The lowest BCUT2D eigenvalue weighted by molar-refractivity contribution is -0.143. The maximum absolute atomic E-state index is 13.1. The molecule has 0 bridgehead atoms. The van der Waals surface area contributed by atoms with E-state index in [-0.39, 0.29) is 29.8 Å². The zero-order valence-corrected chi connectivity index (χ0v) is 20.8. The van der Waals surface area contributed by atoms with Gasteiger partial charge in [-0.3, -0.25) is 9.59 Å². The SMILES string of the molecule is O=C(NCCNC(=O)N1CCC(c2ccc(F)cc2)CC1)c1ccc(OC2CCC(C(=O)O)CC2)cc1. The van der Waals surface area contributed by atoms with E-state index in [0.29, 0.717) is 69.1 Å². The highest BCUT2D eigenvalue weighted by atomic mass is 19.1. The molecular formula is C28H34FN3O5. The number of carboxylic acids is 1. The van der Waals surface area contributed by atoms with Crippen molar-refractivity contribution in [3.05, 3.63) is 65.5 Å². The molecule has 1 saturated heterocycles. The van der Waals surface area contributed by atoms with Gasteiger partial charge in [0.1, 0.15) is 11.6 Å². The Hall–Kier alpha value is -3.62. The largest absolute Gasteiger partial charge is 0.490 e. The van der Waals surface area contributed by atoms with Crippen LogP contribution in [0.4, 0.5) is 9.18 Å². The van der Waals surface area contributed by atoms with Gasteiger partial charge in [0.25, 0.3) is 5.91 Å². The number of hydrogen-bond donors (Lipinski definition) is 3. The maximum atomic E-state index is 13.1. The lowest BCUT2D eigenvalue weighted by Crippen LogP contribution is -2.46. The Bertz CT molecular complexity index is 1060. The normalized spacial score (nSPS) is 20.2.